The van der Waals surface area contributed by atoms with Crippen molar-refractivity contribution in [3.05, 3.63) is 58.1 Å². The van der Waals surface area contributed by atoms with E-state index in [1.807, 2.05) is 0 Å². The van der Waals surface area contributed by atoms with Crippen molar-refractivity contribution in [2.24, 2.45) is 0 Å². The summed E-state index contributed by atoms with van der Waals surface area (Å²) in [5.74, 6) is -1.52. The van der Waals surface area contributed by atoms with E-state index in [1.54, 1.807) is 24.3 Å². The van der Waals surface area contributed by atoms with Crippen molar-refractivity contribution in [1.82, 2.24) is 0 Å². The van der Waals surface area contributed by atoms with E-state index in [-0.39, 0.29) is 23.4 Å². The van der Waals surface area contributed by atoms with Crippen molar-refractivity contribution in [3.63, 3.8) is 0 Å². The maximum atomic E-state index is 12.0. The van der Waals surface area contributed by atoms with Crippen molar-refractivity contribution in [2.75, 3.05) is 17.2 Å². The van der Waals surface area contributed by atoms with Gasteiger partial charge in [0.15, 0.2) is 12.7 Å². The molecule has 0 aromatic heterocycles. The number of hydrogen-bond donors (Lipinski definition) is 2. The summed E-state index contributed by atoms with van der Waals surface area (Å²) in [6.07, 6.45) is -1.44. The molecule has 1 aliphatic rings. The summed E-state index contributed by atoms with van der Waals surface area (Å²) in [5, 5.41) is 16.0. The smallest absolute Gasteiger partial charge is 0.310 e. The Kier molecular flexibility index (Phi) is 5.72. The third kappa shape index (κ3) is 4.67. The molecule has 0 spiro atoms. The minimum atomic E-state index is -1.07. The zero-order valence-corrected chi connectivity index (χ0v) is 15.3. The van der Waals surface area contributed by atoms with E-state index in [9.17, 15) is 24.5 Å². The quantitative estimate of drug-likeness (QED) is 0.431. The first-order valence-corrected chi connectivity index (χ1v) is 8.61. The highest BCUT2D eigenvalue weighted by Crippen LogP contribution is 2.29. The van der Waals surface area contributed by atoms with Crippen LogP contribution in [-0.2, 0) is 19.1 Å². The van der Waals surface area contributed by atoms with E-state index in [0.29, 0.717) is 11.4 Å². The summed E-state index contributed by atoms with van der Waals surface area (Å²) >= 11 is 0. The van der Waals surface area contributed by atoms with E-state index in [2.05, 4.69) is 10.6 Å². The van der Waals surface area contributed by atoms with Crippen LogP contribution in [0.25, 0.3) is 0 Å². The van der Waals surface area contributed by atoms with Gasteiger partial charge in [-0.1, -0.05) is 18.2 Å². The Balaban J connectivity index is 1.52. The number of fused-ring (bicyclic) bond motifs is 1. The fourth-order valence-corrected chi connectivity index (χ4v) is 2.73. The molecule has 2 N–H and O–H groups in total. The molecule has 2 aromatic rings. The van der Waals surface area contributed by atoms with Crippen molar-refractivity contribution in [1.29, 1.82) is 0 Å². The Morgan fingerprint density at radius 3 is 2.76 bits per heavy atom. The van der Waals surface area contributed by atoms with Crippen LogP contribution in [0.2, 0.25) is 0 Å². The molecule has 0 bridgehead atoms. The lowest BCUT2D eigenvalue weighted by atomic mass is 10.1. The predicted octanol–water partition coefficient (Wildman–Crippen LogP) is 2.17. The van der Waals surface area contributed by atoms with Gasteiger partial charge in [0.25, 0.3) is 17.5 Å². The minimum absolute atomic E-state index is 0.138. The monoisotopic (exact) mass is 399 g/mol. The van der Waals surface area contributed by atoms with Gasteiger partial charge in [0, 0.05) is 6.07 Å². The molecule has 1 atom stereocenters. The number of nitrogens with one attached hydrogen (secondary N) is 2. The fraction of sp³-hybridized carbons (Fsp3) is 0.211. The number of carbonyl (C=O) groups excluding carboxylic acids is 3. The van der Waals surface area contributed by atoms with Gasteiger partial charge < -0.3 is 20.1 Å². The minimum Gasteiger partial charge on any atom is -0.478 e. The van der Waals surface area contributed by atoms with Gasteiger partial charge >= 0.3 is 5.97 Å². The number of para-hydroxylation sites is 2. The molecule has 0 radical (unpaired) electrons. The van der Waals surface area contributed by atoms with Gasteiger partial charge in [0.2, 0.25) is 0 Å². The maximum Gasteiger partial charge on any atom is 0.310 e. The summed E-state index contributed by atoms with van der Waals surface area (Å²) in [6, 6.07) is 11.0. The zero-order valence-electron chi connectivity index (χ0n) is 15.3. The zero-order chi connectivity index (χ0) is 21.0. The lowest BCUT2D eigenvalue weighted by Gasteiger charge is -2.25. The lowest BCUT2D eigenvalue weighted by molar-refractivity contribution is -0.385. The highest BCUT2D eigenvalue weighted by molar-refractivity contribution is 6.00. The predicted molar refractivity (Wildman–Crippen MR) is 102 cm³/mol. The lowest BCUT2D eigenvalue weighted by Crippen LogP contribution is -2.39. The topological polar surface area (TPSA) is 137 Å². The maximum absolute atomic E-state index is 12.0. The van der Waals surface area contributed by atoms with Gasteiger partial charge in [-0.15, -0.1) is 0 Å². The number of nitrogens with zero attached hydrogens (tertiary/aromatic N) is 1. The van der Waals surface area contributed by atoms with Crippen molar-refractivity contribution in [2.45, 2.75) is 19.4 Å². The molecule has 1 heterocycles. The number of anilines is 2. The fourth-order valence-electron chi connectivity index (χ4n) is 2.73. The second kappa shape index (κ2) is 8.38. The Morgan fingerprint density at radius 1 is 1.24 bits per heavy atom. The molecule has 0 aliphatic carbocycles. The first-order chi connectivity index (χ1) is 13.8. The molecule has 150 valence electrons. The third-order valence-corrected chi connectivity index (χ3v) is 4.20. The summed E-state index contributed by atoms with van der Waals surface area (Å²) in [6.45, 7) is 0.891. The number of hydrogen-bond acceptors (Lipinski definition) is 7. The molecule has 2 amide bonds. The van der Waals surface area contributed by atoms with Gasteiger partial charge in [0.1, 0.15) is 5.75 Å². The third-order valence-electron chi connectivity index (χ3n) is 4.20. The van der Waals surface area contributed by atoms with Crippen LogP contribution in [0.15, 0.2) is 42.5 Å². The Bertz CT molecular complexity index is 990. The number of amides is 2. The van der Waals surface area contributed by atoms with Crippen LogP contribution < -0.4 is 15.4 Å². The molecule has 0 saturated carbocycles. The first-order valence-electron chi connectivity index (χ1n) is 8.61. The van der Waals surface area contributed by atoms with Crippen LogP contribution in [0, 0.1) is 17.0 Å². The van der Waals surface area contributed by atoms with Crippen LogP contribution in [0.1, 0.15) is 12.0 Å². The van der Waals surface area contributed by atoms with Crippen LogP contribution >= 0.6 is 0 Å². The second-order valence-corrected chi connectivity index (χ2v) is 6.21. The molecular weight excluding hydrogens is 382 g/mol. The van der Waals surface area contributed by atoms with Crippen molar-refractivity contribution >= 4 is 34.8 Å². The number of esters is 1. The van der Waals surface area contributed by atoms with Gasteiger partial charge in [-0.2, -0.15) is 0 Å². The number of benzene rings is 2. The van der Waals surface area contributed by atoms with Crippen LogP contribution in [-0.4, -0.2) is 35.4 Å². The van der Waals surface area contributed by atoms with Crippen LogP contribution in [0.4, 0.5) is 17.1 Å². The van der Waals surface area contributed by atoms with Crippen molar-refractivity contribution in [3.8, 4) is 5.75 Å². The summed E-state index contributed by atoms with van der Waals surface area (Å²) in [5.41, 5.74) is 0.893. The van der Waals surface area contributed by atoms with Gasteiger partial charge in [0.05, 0.1) is 28.3 Å². The summed E-state index contributed by atoms with van der Waals surface area (Å²) < 4.78 is 10.4. The van der Waals surface area contributed by atoms with E-state index in [1.165, 1.54) is 25.1 Å². The van der Waals surface area contributed by atoms with E-state index >= 15 is 0 Å². The number of rotatable bonds is 6. The summed E-state index contributed by atoms with van der Waals surface area (Å²) in [7, 11) is 0. The standard InChI is InChI=1S/C19H17N3O7/c1-11-12(6-4-7-14(11)22(26)27)20-17(23)10-28-18(24)9-16-19(25)21-13-5-2-3-8-15(13)29-16/h2-8,16H,9-10H2,1H3,(H,20,23)(H,21,25)/t16-/m1/s1. The van der Waals surface area contributed by atoms with Gasteiger partial charge in [-0.25, -0.2) is 0 Å². The summed E-state index contributed by atoms with van der Waals surface area (Å²) in [4.78, 5) is 46.4. The van der Waals surface area contributed by atoms with E-state index in [0.717, 1.165) is 0 Å². The Labute approximate surface area is 165 Å². The molecule has 0 fully saturated rings. The average molecular weight is 399 g/mol. The molecule has 0 unspecified atom stereocenters. The molecule has 10 nitrogen and oxygen atoms in total. The molecule has 29 heavy (non-hydrogen) atoms. The highest BCUT2D eigenvalue weighted by atomic mass is 16.6. The SMILES string of the molecule is Cc1c(NC(=O)COC(=O)C[C@H]2Oc3ccccc3NC2=O)cccc1[N+](=O)[O-]. The van der Waals surface area contributed by atoms with Crippen molar-refractivity contribution < 1.29 is 28.8 Å². The largest absolute Gasteiger partial charge is 0.478 e. The number of carbonyl (C=O) groups is 3. The molecular formula is C19H17N3O7. The highest BCUT2D eigenvalue weighted by Gasteiger charge is 2.30. The number of ether oxygens (including phenoxy) is 2. The molecule has 1 aliphatic heterocycles. The molecule has 3 rings (SSSR count). The van der Waals surface area contributed by atoms with Crippen LogP contribution in [0.5, 0.6) is 5.75 Å². The molecule has 2 aromatic carbocycles. The Hall–Kier alpha value is -3.95. The average Bonchev–Trinajstić information content (AvgIpc) is 2.68. The number of nitro benzene ring substituents is 1. The Morgan fingerprint density at radius 2 is 2.00 bits per heavy atom. The first kappa shape index (κ1) is 19.8. The second-order valence-electron chi connectivity index (χ2n) is 6.21. The van der Waals surface area contributed by atoms with Crippen LogP contribution in [0.3, 0.4) is 0 Å². The van der Waals surface area contributed by atoms with Gasteiger partial charge in [-0.05, 0) is 25.1 Å². The van der Waals surface area contributed by atoms with E-state index < -0.39 is 35.4 Å². The van der Waals surface area contributed by atoms with Gasteiger partial charge in [-0.3, -0.25) is 24.5 Å². The normalized spacial score (nSPS) is 14.8. The molecule has 0 saturated heterocycles. The van der Waals surface area contributed by atoms with E-state index in [4.69, 9.17) is 9.47 Å². The number of nitro groups is 1. The molecule has 10 heteroatoms.